The fourth-order valence-electron chi connectivity index (χ4n) is 1.39. The maximum atomic E-state index is 12.8. The second-order valence-corrected chi connectivity index (χ2v) is 4.20. The summed E-state index contributed by atoms with van der Waals surface area (Å²) in [5.41, 5.74) is 0.0440. The Hall–Kier alpha value is -0.780. The summed E-state index contributed by atoms with van der Waals surface area (Å²) in [4.78, 5) is 0. The minimum Gasteiger partial charge on any atom is -0.371 e. The van der Waals surface area contributed by atoms with Crippen LogP contribution in [0.25, 0.3) is 0 Å². The number of alkyl halides is 3. The van der Waals surface area contributed by atoms with Crippen LogP contribution in [0.5, 0.6) is 0 Å². The molecular formula is C11H10ClF3O2. The van der Waals surface area contributed by atoms with Crippen LogP contribution >= 0.6 is 11.6 Å². The quantitative estimate of drug-likeness (QED) is 0.780. The number of ether oxygens (including phenoxy) is 2. The van der Waals surface area contributed by atoms with Crippen LogP contribution in [0.15, 0.2) is 24.3 Å². The van der Waals surface area contributed by atoms with Gasteiger partial charge in [0.15, 0.2) is 6.10 Å². The lowest BCUT2D eigenvalue weighted by molar-refractivity contribution is -0.224. The van der Waals surface area contributed by atoms with E-state index in [0.717, 1.165) is 0 Å². The molecule has 0 bridgehead atoms. The van der Waals surface area contributed by atoms with Crippen molar-refractivity contribution >= 4 is 11.6 Å². The zero-order valence-electron chi connectivity index (χ0n) is 8.71. The number of benzene rings is 1. The predicted octanol–water partition coefficient (Wildman–Crippen LogP) is 3.36. The van der Waals surface area contributed by atoms with Crippen molar-refractivity contribution < 1.29 is 22.6 Å². The van der Waals surface area contributed by atoms with Crippen LogP contribution < -0.4 is 0 Å². The first-order valence-corrected chi connectivity index (χ1v) is 5.40. The van der Waals surface area contributed by atoms with E-state index in [1.54, 1.807) is 0 Å². The Morgan fingerprint density at radius 1 is 1.35 bits per heavy atom. The maximum Gasteiger partial charge on any atom is 0.418 e. The zero-order valence-corrected chi connectivity index (χ0v) is 9.46. The van der Waals surface area contributed by atoms with Crippen molar-refractivity contribution in [3.05, 3.63) is 34.9 Å². The number of halogens is 4. The molecule has 6 heteroatoms. The van der Waals surface area contributed by atoms with Gasteiger partial charge in [-0.3, -0.25) is 0 Å². The molecule has 1 aromatic carbocycles. The van der Waals surface area contributed by atoms with E-state index in [-0.39, 0.29) is 18.3 Å². The summed E-state index contributed by atoms with van der Waals surface area (Å²) < 4.78 is 48.0. The largest absolute Gasteiger partial charge is 0.418 e. The van der Waals surface area contributed by atoms with E-state index in [2.05, 4.69) is 0 Å². The highest BCUT2D eigenvalue weighted by Crippen LogP contribution is 2.36. The molecule has 1 saturated heterocycles. The molecule has 1 aromatic rings. The summed E-state index contributed by atoms with van der Waals surface area (Å²) in [5.74, 6) is 0. The van der Waals surface area contributed by atoms with E-state index in [0.29, 0.717) is 11.6 Å². The fourth-order valence-corrected chi connectivity index (χ4v) is 1.51. The fraction of sp³-hybridized carbons (Fsp3) is 0.455. The Balaban J connectivity index is 2.10. The lowest BCUT2D eigenvalue weighted by atomic mass is 10.1. The van der Waals surface area contributed by atoms with Crippen molar-refractivity contribution in [3.63, 3.8) is 0 Å². The Morgan fingerprint density at radius 2 is 1.94 bits per heavy atom. The molecule has 0 aliphatic carbocycles. The third-order valence-electron chi connectivity index (χ3n) is 2.32. The van der Waals surface area contributed by atoms with Crippen molar-refractivity contribution in [2.75, 3.05) is 13.2 Å². The van der Waals surface area contributed by atoms with Gasteiger partial charge >= 0.3 is 6.18 Å². The summed E-state index contributed by atoms with van der Waals surface area (Å²) in [6, 6.07) is 5.45. The Labute approximate surface area is 101 Å². The van der Waals surface area contributed by atoms with Gasteiger partial charge in [-0.1, -0.05) is 23.7 Å². The van der Waals surface area contributed by atoms with Crippen LogP contribution in [0.2, 0.25) is 5.02 Å². The second-order valence-electron chi connectivity index (χ2n) is 3.76. The average molecular weight is 267 g/mol. The van der Waals surface area contributed by atoms with Crippen molar-refractivity contribution in [1.82, 2.24) is 0 Å². The third kappa shape index (κ3) is 3.59. The van der Waals surface area contributed by atoms with Gasteiger partial charge in [-0.2, -0.15) is 13.2 Å². The van der Waals surface area contributed by atoms with E-state index in [1.165, 1.54) is 24.3 Å². The van der Waals surface area contributed by atoms with E-state index in [9.17, 15) is 13.2 Å². The van der Waals surface area contributed by atoms with Gasteiger partial charge in [0.05, 0.1) is 13.2 Å². The normalized spacial score (nSPS) is 21.3. The van der Waals surface area contributed by atoms with E-state index < -0.39 is 12.3 Å². The second kappa shape index (κ2) is 4.84. The third-order valence-corrected chi connectivity index (χ3v) is 2.57. The highest BCUT2D eigenvalue weighted by Gasteiger charge is 2.42. The van der Waals surface area contributed by atoms with Crippen LogP contribution in [0.4, 0.5) is 13.2 Å². The van der Waals surface area contributed by atoms with Gasteiger partial charge in [-0.05, 0) is 17.7 Å². The minimum absolute atomic E-state index is 0.0440. The monoisotopic (exact) mass is 266 g/mol. The Kier molecular flexibility index (Phi) is 3.61. The molecule has 1 aliphatic heterocycles. The van der Waals surface area contributed by atoms with Crippen molar-refractivity contribution in [1.29, 1.82) is 0 Å². The predicted molar refractivity (Wildman–Crippen MR) is 55.9 cm³/mol. The van der Waals surface area contributed by atoms with Gasteiger partial charge in [0.2, 0.25) is 0 Å². The van der Waals surface area contributed by atoms with E-state index in [4.69, 9.17) is 21.1 Å². The van der Waals surface area contributed by atoms with Crippen molar-refractivity contribution in [3.8, 4) is 0 Å². The van der Waals surface area contributed by atoms with Crippen LogP contribution in [0.1, 0.15) is 11.7 Å². The van der Waals surface area contributed by atoms with Gasteiger partial charge in [-0.15, -0.1) is 0 Å². The standard InChI is InChI=1S/C11H10ClF3O2/c12-8-3-1-7(2-4-8)10(11(13,14)15)17-6-9-5-16-9/h1-4,9-10H,5-6H2/t9-,10+/m1/s1. The van der Waals surface area contributed by atoms with Gasteiger partial charge in [0, 0.05) is 5.02 Å². The molecular weight excluding hydrogens is 257 g/mol. The Bertz CT molecular complexity index is 373. The highest BCUT2D eigenvalue weighted by atomic mass is 35.5. The molecule has 0 radical (unpaired) electrons. The molecule has 0 N–H and O–H groups in total. The summed E-state index contributed by atoms with van der Waals surface area (Å²) in [6.07, 6.45) is -6.57. The summed E-state index contributed by atoms with van der Waals surface area (Å²) in [7, 11) is 0. The number of rotatable bonds is 4. The molecule has 1 aliphatic rings. The number of hydrogen-bond donors (Lipinski definition) is 0. The Morgan fingerprint density at radius 3 is 2.41 bits per heavy atom. The highest BCUT2D eigenvalue weighted by molar-refractivity contribution is 6.30. The molecule has 0 saturated carbocycles. The molecule has 2 atom stereocenters. The van der Waals surface area contributed by atoms with Crippen molar-refractivity contribution in [2.45, 2.75) is 18.4 Å². The molecule has 1 heterocycles. The molecule has 2 nitrogen and oxygen atoms in total. The van der Waals surface area contributed by atoms with Crippen LogP contribution in [0, 0.1) is 0 Å². The first-order chi connectivity index (χ1) is 7.97. The topological polar surface area (TPSA) is 21.8 Å². The molecule has 1 fully saturated rings. The molecule has 0 aromatic heterocycles. The summed E-state index contributed by atoms with van der Waals surface area (Å²) in [5, 5.41) is 0.389. The lowest BCUT2D eigenvalue weighted by Crippen LogP contribution is -2.25. The van der Waals surface area contributed by atoms with Gasteiger partial charge < -0.3 is 9.47 Å². The first-order valence-electron chi connectivity index (χ1n) is 5.02. The average Bonchev–Trinajstić information content (AvgIpc) is 3.03. The zero-order chi connectivity index (χ0) is 12.5. The minimum atomic E-state index is -4.44. The smallest absolute Gasteiger partial charge is 0.371 e. The summed E-state index contributed by atoms with van der Waals surface area (Å²) in [6.45, 7) is 0.415. The van der Waals surface area contributed by atoms with E-state index >= 15 is 0 Å². The molecule has 17 heavy (non-hydrogen) atoms. The molecule has 94 valence electrons. The number of epoxide rings is 1. The van der Waals surface area contributed by atoms with Gasteiger partial charge in [0.1, 0.15) is 6.10 Å². The van der Waals surface area contributed by atoms with Crippen molar-refractivity contribution in [2.24, 2.45) is 0 Å². The molecule has 0 unspecified atom stereocenters. The van der Waals surface area contributed by atoms with Crippen LogP contribution in [-0.4, -0.2) is 25.5 Å². The molecule has 0 spiro atoms. The first kappa shape index (κ1) is 12.7. The molecule has 0 amide bonds. The van der Waals surface area contributed by atoms with Gasteiger partial charge in [-0.25, -0.2) is 0 Å². The maximum absolute atomic E-state index is 12.8. The van der Waals surface area contributed by atoms with E-state index in [1.807, 2.05) is 0 Å². The van der Waals surface area contributed by atoms with Gasteiger partial charge in [0.25, 0.3) is 0 Å². The van der Waals surface area contributed by atoms with Crippen LogP contribution in [-0.2, 0) is 9.47 Å². The SMILES string of the molecule is FC(F)(F)[C@@H](OC[C@H]1CO1)c1ccc(Cl)cc1. The lowest BCUT2D eigenvalue weighted by Gasteiger charge is -2.20. The summed E-state index contributed by atoms with van der Waals surface area (Å²) >= 11 is 5.63. The van der Waals surface area contributed by atoms with Crippen LogP contribution in [0.3, 0.4) is 0 Å². The number of hydrogen-bond acceptors (Lipinski definition) is 2. The molecule has 2 rings (SSSR count).